The van der Waals surface area contributed by atoms with E-state index in [0.717, 1.165) is 19.4 Å². The number of amides is 2. The largest absolute Gasteiger partial charge is 0.356 e. The van der Waals surface area contributed by atoms with Crippen molar-refractivity contribution < 1.29 is 14.0 Å². The van der Waals surface area contributed by atoms with Crippen molar-refractivity contribution in [2.75, 3.05) is 19.6 Å². The van der Waals surface area contributed by atoms with Crippen molar-refractivity contribution in [2.45, 2.75) is 26.2 Å². The summed E-state index contributed by atoms with van der Waals surface area (Å²) in [6.45, 7) is 3.79. The molecule has 1 aromatic carbocycles. The van der Waals surface area contributed by atoms with Crippen LogP contribution in [0.4, 0.5) is 4.39 Å². The fourth-order valence-corrected chi connectivity index (χ4v) is 3.33. The van der Waals surface area contributed by atoms with Gasteiger partial charge in [0.25, 0.3) is 5.91 Å². The molecule has 1 spiro atoms. The lowest BCUT2D eigenvalue weighted by atomic mass is 9.77. The molecule has 0 aliphatic carbocycles. The number of nitrogens with one attached hydrogen (secondary N) is 1. The molecule has 0 radical (unpaired) electrons. The highest BCUT2D eigenvalue weighted by molar-refractivity contribution is 5.95. The molecule has 5 heteroatoms. The normalized spacial score (nSPS) is 20.7. The number of aryl methyl sites for hydroxylation is 1. The number of nitrogens with zero attached hydrogens (tertiary/aromatic N) is 1. The Labute approximate surface area is 123 Å². The molecule has 2 amide bonds. The predicted molar refractivity (Wildman–Crippen MR) is 76.3 cm³/mol. The summed E-state index contributed by atoms with van der Waals surface area (Å²) in [5, 5.41) is 2.89. The molecule has 21 heavy (non-hydrogen) atoms. The van der Waals surface area contributed by atoms with E-state index in [1.54, 1.807) is 13.0 Å². The Morgan fingerprint density at radius 3 is 2.62 bits per heavy atom. The molecule has 4 nitrogen and oxygen atoms in total. The van der Waals surface area contributed by atoms with Gasteiger partial charge in [-0.15, -0.1) is 0 Å². The third-order valence-corrected chi connectivity index (χ3v) is 4.73. The van der Waals surface area contributed by atoms with Crippen LogP contribution < -0.4 is 5.32 Å². The minimum absolute atomic E-state index is 0.0334. The Kier molecular flexibility index (Phi) is 3.43. The second-order valence-corrected chi connectivity index (χ2v) is 6.20. The van der Waals surface area contributed by atoms with Crippen molar-refractivity contribution in [3.63, 3.8) is 0 Å². The maximum Gasteiger partial charge on any atom is 0.254 e. The number of benzene rings is 1. The monoisotopic (exact) mass is 290 g/mol. The zero-order chi connectivity index (χ0) is 15.0. The number of likely N-dealkylation sites (tertiary alicyclic amines) is 1. The summed E-state index contributed by atoms with van der Waals surface area (Å²) in [7, 11) is 0. The van der Waals surface area contributed by atoms with Crippen LogP contribution in [0.25, 0.3) is 0 Å². The molecule has 2 heterocycles. The highest BCUT2D eigenvalue weighted by atomic mass is 19.1. The molecule has 0 unspecified atom stereocenters. The van der Waals surface area contributed by atoms with E-state index in [1.807, 2.05) is 4.90 Å². The van der Waals surface area contributed by atoms with Crippen molar-refractivity contribution >= 4 is 11.8 Å². The van der Waals surface area contributed by atoms with Gasteiger partial charge >= 0.3 is 0 Å². The number of rotatable bonds is 1. The molecule has 2 saturated heterocycles. The topological polar surface area (TPSA) is 49.4 Å². The van der Waals surface area contributed by atoms with E-state index in [2.05, 4.69) is 5.32 Å². The van der Waals surface area contributed by atoms with Crippen LogP contribution in [0.1, 0.15) is 35.2 Å². The number of carbonyl (C=O) groups excluding carboxylic acids is 2. The van der Waals surface area contributed by atoms with Crippen LogP contribution in [-0.4, -0.2) is 36.3 Å². The number of hydrogen-bond donors (Lipinski definition) is 1. The van der Waals surface area contributed by atoms with Crippen molar-refractivity contribution in [3.05, 3.63) is 35.1 Å². The van der Waals surface area contributed by atoms with Gasteiger partial charge in [-0.3, -0.25) is 9.59 Å². The molecule has 2 fully saturated rings. The van der Waals surface area contributed by atoms with Gasteiger partial charge in [0.15, 0.2) is 0 Å². The van der Waals surface area contributed by atoms with Gasteiger partial charge in [0.1, 0.15) is 5.82 Å². The van der Waals surface area contributed by atoms with E-state index in [9.17, 15) is 14.0 Å². The Morgan fingerprint density at radius 2 is 2.05 bits per heavy atom. The first-order valence-corrected chi connectivity index (χ1v) is 7.31. The van der Waals surface area contributed by atoms with Crippen molar-refractivity contribution in [1.29, 1.82) is 0 Å². The average Bonchev–Trinajstić information content (AvgIpc) is 2.80. The van der Waals surface area contributed by atoms with E-state index in [1.165, 1.54) is 12.1 Å². The fourth-order valence-electron chi connectivity index (χ4n) is 3.33. The van der Waals surface area contributed by atoms with E-state index in [-0.39, 0.29) is 23.0 Å². The van der Waals surface area contributed by atoms with Gasteiger partial charge in [0.05, 0.1) is 0 Å². The highest BCUT2D eigenvalue weighted by Crippen LogP contribution is 2.37. The van der Waals surface area contributed by atoms with E-state index < -0.39 is 0 Å². The highest BCUT2D eigenvalue weighted by Gasteiger charge is 2.41. The van der Waals surface area contributed by atoms with E-state index in [4.69, 9.17) is 0 Å². The van der Waals surface area contributed by atoms with Gasteiger partial charge in [0.2, 0.25) is 5.91 Å². The zero-order valence-electron chi connectivity index (χ0n) is 12.1. The fraction of sp³-hybridized carbons (Fsp3) is 0.500. The van der Waals surface area contributed by atoms with Crippen molar-refractivity contribution in [3.8, 4) is 0 Å². The molecular formula is C16H19FN2O2. The Bertz CT molecular complexity index is 592. The van der Waals surface area contributed by atoms with E-state index >= 15 is 0 Å². The Morgan fingerprint density at radius 1 is 1.33 bits per heavy atom. The van der Waals surface area contributed by atoms with Crippen LogP contribution in [0.5, 0.6) is 0 Å². The molecule has 1 aromatic rings. The summed E-state index contributed by atoms with van der Waals surface area (Å²) in [5.41, 5.74) is 1.26. The van der Waals surface area contributed by atoms with Crippen LogP contribution in [0.2, 0.25) is 0 Å². The zero-order valence-corrected chi connectivity index (χ0v) is 12.1. The smallest absolute Gasteiger partial charge is 0.254 e. The molecule has 1 N–H and O–H groups in total. The summed E-state index contributed by atoms with van der Waals surface area (Å²) < 4.78 is 13.1. The summed E-state index contributed by atoms with van der Waals surface area (Å²) in [6, 6.07) is 4.27. The summed E-state index contributed by atoms with van der Waals surface area (Å²) in [5.74, 6) is -0.249. The molecule has 2 aliphatic rings. The summed E-state index contributed by atoms with van der Waals surface area (Å²) in [6.07, 6.45) is 2.26. The molecule has 2 aliphatic heterocycles. The lowest BCUT2D eigenvalue weighted by molar-refractivity contribution is -0.119. The quantitative estimate of drug-likeness (QED) is 0.858. The van der Waals surface area contributed by atoms with Crippen LogP contribution >= 0.6 is 0 Å². The maximum atomic E-state index is 13.1. The molecular weight excluding hydrogens is 271 g/mol. The van der Waals surface area contributed by atoms with Gasteiger partial charge < -0.3 is 10.2 Å². The Hall–Kier alpha value is -1.91. The first-order chi connectivity index (χ1) is 9.99. The standard InChI is InChI=1S/C16H19FN2O2/c1-11-8-12(17)2-3-13(11)15(21)19-6-4-16(5-7-19)9-14(20)18-10-16/h2-3,8H,4-7,9-10H2,1H3,(H,18,20). The van der Waals surface area contributed by atoms with Gasteiger partial charge in [-0.25, -0.2) is 4.39 Å². The van der Waals surface area contributed by atoms with Gasteiger partial charge in [-0.1, -0.05) is 0 Å². The number of piperidine rings is 1. The lowest BCUT2D eigenvalue weighted by Gasteiger charge is -2.38. The lowest BCUT2D eigenvalue weighted by Crippen LogP contribution is -2.44. The first-order valence-electron chi connectivity index (χ1n) is 7.31. The predicted octanol–water partition coefficient (Wildman–Crippen LogP) is 1.88. The van der Waals surface area contributed by atoms with Crippen molar-refractivity contribution in [2.24, 2.45) is 5.41 Å². The number of hydrogen-bond acceptors (Lipinski definition) is 2. The Balaban J connectivity index is 1.69. The minimum atomic E-state index is -0.322. The second-order valence-electron chi connectivity index (χ2n) is 6.20. The first kappa shape index (κ1) is 14.0. The van der Waals surface area contributed by atoms with Crippen LogP contribution in [0.15, 0.2) is 18.2 Å². The molecule has 0 bridgehead atoms. The third-order valence-electron chi connectivity index (χ3n) is 4.73. The molecule has 0 atom stereocenters. The van der Waals surface area contributed by atoms with Gasteiger partial charge in [-0.2, -0.15) is 0 Å². The average molecular weight is 290 g/mol. The van der Waals surface area contributed by atoms with Crippen molar-refractivity contribution in [1.82, 2.24) is 10.2 Å². The van der Waals surface area contributed by atoms with Crippen LogP contribution in [0, 0.1) is 18.2 Å². The maximum absolute atomic E-state index is 13.1. The molecule has 0 saturated carbocycles. The summed E-state index contributed by atoms with van der Waals surface area (Å²) >= 11 is 0. The third kappa shape index (κ3) is 2.64. The SMILES string of the molecule is Cc1cc(F)ccc1C(=O)N1CCC2(CC1)CNC(=O)C2. The minimum Gasteiger partial charge on any atom is -0.356 e. The molecule has 112 valence electrons. The van der Waals surface area contributed by atoms with Gasteiger partial charge in [-0.05, 0) is 48.9 Å². The van der Waals surface area contributed by atoms with Crippen LogP contribution in [0.3, 0.4) is 0 Å². The van der Waals surface area contributed by atoms with E-state index in [0.29, 0.717) is 30.6 Å². The molecule has 0 aromatic heterocycles. The number of halogens is 1. The van der Waals surface area contributed by atoms with Gasteiger partial charge in [0, 0.05) is 31.6 Å². The molecule has 3 rings (SSSR count). The number of carbonyl (C=O) groups is 2. The second kappa shape index (κ2) is 5.13. The van der Waals surface area contributed by atoms with Crippen LogP contribution in [-0.2, 0) is 4.79 Å². The summed E-state index contributed by atoms with van der Waals surface area (Å²) in [4.78, 5) is 25.7.